The fourth-order valence-corrected chi connectivity index (χ4v) is 1.31. The maximum Gasteiger partial charge on any atom is 0.404 e. The third-order valence-electron chi connectivity index (χ3n) is 1.81. The van der Waals surface area contributed by atoms with E-state index in [2.05, 4.69) is 10.6 Å². The van der Waals surface area contributed by atoms with Crippen molar-refractivity contribution in [3.63, 3.8) is 0 Å². The highest BCUT2D eigenvalue weighted by Crippen LogP contribution is 2.14. The Labute approximate surface area is 97.4 Å². The van der Waals surface area contributed by atoms with Crippen molar-refractivity contribution in [2.24, 2.45) is 0 Å². The maximum atomic E-state index is 11.5. The number of benzene rings is 1. The molecule has 3 N–H and O–H groups in total. The first-order chi connectivity index (χ1) is 7.61. The lowest BCUT2D eigenvalue weighted by Gasteiger charge is -2.06. The molecule has 0 fully saturated rings. The average Bonchev–Trinajstić information content (AvgIpc) is 2.24. The molecule has 0 spiro atoms. The predicted molar refractivity (Wildman–Crippen MR) is 59.8 cm³/mol. The van der Waals surface area contributed by atoms with Crippen molar-refractivity contribution in [2.75, 3.05) is 13.1 Å². The van der Waals surface area contributed by atoms with Crippen molar-refractivity contribution >= 4 is 23.6 Å². The molecular formula is C10H11ClN2O3. The smallest absolute Gasteiger partial charge is 0.404 e. The molecule has 0 saturated carbocycles. The SMILES string of the molecule is O=C(O)NCCNC(=O)c1ccccc1Cl. The van der Waals surface area contributed by atoms with Crippen LogP contribution in [0, 0.1) is 0 Å². The monoisotopic (exact) mass is 242 g/mol. The Balaban J connectivity index is 2.41. The Hall–Kier alpha value is -1.75. The number of nitrogens with one attached hydrogen (secondary N) is 2. The number of halogens is 1. The van der Waals surface area contributed by atoms with Crippen LogP contribution >= 0.6 is 11.6 Å². The quantitative estimate of drug-likeness (QED) is 0.697. The molecule has 0 aliphatic rings. The van der Waals surface area contributed by atoms with Gasteiger partial charge in [-0.25, -0.2) is 4.79 Å². The molecule has 1 aromatic carbocycles. The van der Waals surface area contributed by atoms with Crippen LogP contribution in [0.5, 0.6) is 0 Å². The van der Waals surface area contributed by atoms with Gasteiger partial charge < -0.3 is 15.7 Å². The highest BCUT2D eigenvalue weighted by molar-refractivity contribution is 6.33. The summed E-state index contributed by atoms with van der Waals surface area (Å²) in [6, 6.07) is 6.65. The molecule has 0 bridgehead atoms. The first-order valence-electron chi connectivity index (χ1n) is 4.61. The first kappa shape index (κ1) is 12.3. The summed E-state index contributed by atoms with van der Waals surface area (Å²) in [6.45, 7) is 0.377. The zero-order chi connectivity index (χ0) is 12.0. The minimum Gasteiger partial charge on any atom is -0.465 e. The summed E-state index contributed by atoms with van der Waals surface area (Å²) >= 11 is 5.81. The first-order valence-corrected chi connectivity index (χ1v) is 4.98. The molecule has 0 saturated heterocycles. The van der Waals surface area contributed by atoms with Gasteiger partial charge in [0.2, 0.25) is 0 Å². The summed E-state index contributed by atoms with van der Waals surface area (Å²) in [5.41, 5.74) is 0.375. The van der Waals surface area contributed by atoms with Crippen LogP contribution in [0.25, 0.3) is 0 Å². The molecule has 6 heteroatoms. The Bertz CT molecular complexity index is 395. The van der Waals surface area contributed by atoms with Crippen molar-refractivity contribution in [3.8, 4) is 0 Å². The van der Waals surface area contributed by atoms with E-state index in [4.69, 9.17) is 16.7 Å². The van der Waals surface area contributed by atoms with Gasteiger partial charge >= 0.3 is 6.09 Å². The zero-order valence-corrected chi connectivity index (χ0v) is 9.12. The summed E-state index contributed by atoms with van der Waals surface area (Å²) in [7, 11) is 0. The average molecular weight is 243 g/mol. The van der Waals surface area contributed by atoms with Crippen LogP contribution in [-0.4, -0.2) is 30.2 Å². The molecule has 86 valence electrons. The Kier molecular flexibility index (Phi) is 4.60. The number of carbonyl (C=O) groups excluding carboxylic acids is 1. The van der Waals surface area contributed by atoms with Gasteiger partial charge in [0.25, 0.3) is 5.91 Å². The van der Waals surface area contributed by atoms with Crippen LogP contribution in [0.2, 0.25) is 5.02 Å². The topological polar surface area (TPSA) is 78.4 Å². The van der Waals surface area contributed by atoms with Gasteiger partial charge in [0.15, 0.2) is 0 Å². The molecule has 16 heavy (non-hydrogen) atoms. The van der Waals surface area contributed by atoms with E-state index in [0.29, 0.717) is 10.6 Å². The highest BCUT2D eigenvalue weighted by atomic mass is 35.5. The van der Waals surface area contributed by atoms with E-state index in [-0.39, 0.29) is 19.0 Å². The largest absolute Gasteiger partial charge is 0.465 e. The van der Waals surface area contributed by atoms with Crippen molar-refractivity contribution in [3.05, 3.63) is 34.9 Å². The van der Waals surface area contributed by atoms with Gasteiger partial charge in [-0.05, 0) is 12.1 Å². The number of rotatable bonds is 4. The third-order valence-corrected chi connectivity index (χ3v) is 2.13. The minimum atomic E-state index is -1.12. The van der Waals surface area contributed by atoms with Crippen LogP contribution in [0.3, 0.4) is 0 Å². The van der Waals surface area contributed by atoms with Gasteiger partial charge in [0.05, 0.1) is 10.6 Å². The van der Waals surface area contributed by atoms with E-state index in [1.165, 1.54) is 0 Å². The van der Waals surface area contributed by atoms with Gasteiger partial charge in [-0.2, -0.15) is 0 Å². The molecule has 1 aromatic rings. The predicted octanol–water partition coefficient (Wildman–Crippen LogP) is 1.34. The summed E-state index contributed by atoms with van der Waals surface area (Å²) in [4.78, 5) is 21.7. The second-order valence-electron chi connectivity index (χ2n) is 2.97. The lowest BCUT2D eigenvalue weighted by atomic mass is 10.2. The minimum absolute atomic E-state index is 0.158. The molecule has 0 radical (unpaired) electrons. The van der Waals surface area contributed by atoms with Gasteiger partial charge in [0, 0.05) is 13.1 Å². The number of carbonyl (C=O) groups is 2. The van der Waals surface area contributed by atoms with Crippen molar-refractivity contribution in [1.82, 2.24) is 10.6 Å². The normalized spacial score (nSPS) is 9.56. The number of carboxylic acid groups (broad SMARTS) is 1. The molecular weight excluding hydrogens is 232 g/mol. The number of hydrogen-bond donors (Lipinski definition) is 3. The van der Waals surface area contributed by atoms with Crippen LogP contribution in [0.1, 0.15) is 10.4 Å². The van der Waals surface area contributed by atoms with E-state index in [9.17, 15) is 9.59 Å². The van der Waals surface area contributed by atoms with Crippen molar-refractivity contribution in [2.45, 2.75) is 0 Å². The number of amides is 2. The summed E-state index contributed by atoms with van der Waals surface area (Å²) < 4.78 is 0. The van der Waals surface area contributed by atoms with Crippen LogP contribution in [0.4, 0.5) is 4.79 Å². The molecule has 1 rings (SSSR count). The van der Waals surface area contributed by atoms with Gasteiger partial charge in [-0.1, -0.05) is 23.7 Å². The Morgan fingerprint density at radius 2 is 1.81 bits per heavy atom. The van der Waals surface area contributed by atoms with E-state index in [0.717, 1.165) is 0 Å². The van der Waals surface area contributed by atoms with Crippen LogP contribution < -0.4 is 10.6 Å². The van der Waals surface area contributed by atoms with Gasteiger partial charge in [0.1, 0.15) is 0 Å². The molecule has 2 amide bonds. The number of hydrogen-bond acceptors (Lipinski definition) is 2. The molecule has 0 heterocycles. The highest BCUT2D eigenvalue weighted by Gasteiger charge is 2.08. The van der Waals surface area contributed by atoms with E-state index in [1.807, 2.05) is 0 Å². The van der Waals surface area contributed by atoms with E-state index < -0.39 is 6.09 Å². The fraction of sp³-hybridized carbons (Fsp3) is 0.200. The standard InChI is InChI=1S/C10H11ClN2O3/c11-8-4-2-1-3-7(8)9(14)12-5-6-13-10(15)16/h1-4,13H,5-6H2,(H,12,14)(H,15,16). The summed E-state index contributed by atoms with van der Waals surface area (Å²) in [5.74, 6) is -0.321. The lowest BCUT2D eigenvalue weighted by Crippen LogP contribution is -2.34. The maximum absolute atomic E-state index is 11.5. The molecule has 5 nitrogen and oxygen atoms in total. The van der Waals surface area contributed by atoms with Crippen molar-refractivity contribution in [1.29, 1.82) is 0 Å². The zero-order valence-electron chi connectivity index (χ0n) is 8.37. The van der Waals surface area contributed by atoms with Crippen molar-refractivity contribution < 1.29 is 14.7 Å². The summed E-state index contributed by atoms with van der Waals surface area (Å²) in [5, 5.41) is 13.3. The third kappa shape index (κ3) is 3.78. The molecule has 0 aromatic heterocycles. The second kappa shape index (κ2) is 5.97. The lowest BCUT2D eigenvalue weighted by molar-refractivity contribution is 0.0953. The van der Waals surface area contributed by atoms with E-state index in [1.54, 1.807) is 24.3 Å². The molecule has 0 aliphatic heterocycles. The molecule has 0 unspecified atom stereocenters. The van der Waals surface area contributed by atoms with Gasteiger partial charge in [-0.15, -0.1) is 0 Å². The van der Waals surface area contributed by atoms with E-state index >= 15 is 0 Å². The summed E-state index contributed by atoms with van der Waals surface area (Å²) in [6.07, 6.45) is -1.12. The van der Waals surface area contributed by atoms with Gasteiger partial charge in [-0.3, -0.25) is 4.79 Å². The second-order valence-corrected chi connectivity index (χ2v) is 3.37. The Morgan fingerprint density at radius 3 is 2.44 bits per heavy atom. The van der Waals surface area contributed by atoms with Crippen LogP contribution in [-0.2, 0) is 0 Å². The van der Waals surface area contributed by atoms with Crippen LogP contribution in [0.15, 0.2) is 24.3 Å². The Morgan fingerprint density at radius 1 is 1.19 bits per heavy atom. The molecule has 0 aliphatic carbocycles. The molecule has 0 atom stereocenters. The fourth-order valence-electron chi connectivity index (χ4n) is 1.09.